The largest absolute Gasteiger partial charge is 0.353 e. The van der Waals surface area contributed by atoms with E-state index in [4.69, 9.17) is 0 Å². The normalized spacial score (nSPS) is 18.6. The summed E-state index contributed by atoms with van der Waals surface area (Å²) >= 11 is 0. The molecule has 3 rings (SSSR count). The fourth-order valence-corrected chi connectivity index (χ4v) is 5.40. The number of benzene rings is 1. The Morgan fingerprint density at radius 1 is 1.14 bits per heavy atom. The lowest BCUT2D eigenvalue weighted by atomic mass is 9.92. The van der Waals surface area contributed by atoms with E-state index in [0.717, 1.165) is 50.8 Å². The number of nitrogens with zero attached hydrogens (tertiary/aromatic N) is 1. The average molecular weight is 422 g/mol. The Kier molecular flexibility index (Phi) is 7.71. The first-order valence-electron chi connectivity index (χ1n) is 11.0. The van der Waals surface area contributed by atoms with Crippen LogP contribution >= 0.6 is 0 Å². The zero-order chi connectivity index (χ0) is 20.9. The maximum atomic E-state index is 12.5. The topological polar surface area (TPSA) is 78.5 Å². The Morgan fingerprint density at radius 2 is 1.83 bits per heavy atom. The second-order valence-electron chi connectivity index (χ2n) is 8.61. The van der Waals surface area contributed by atoms with Gasteiger partial charge in [-0.05, 0) is 82.1 Å². The van der Waals surface area contributed by atoms with E-state index in [0.29, 0.717) is 23.8 Å². The summed E-state index contributed by atoms with van der Waals surface area (Å²) in [4.78, 5) is 14.9. The molecule has 0 saturated carbocycles. The number of piperidine rings is 1. The number of rotatable bonds is 8. The quantitative estimate of drug-likeness (QED) is 0.633. The lowest BCUT2D eigenvalue weighted by molar-refractivity contribution is -0.122. The van der Waals surface area contributed by atoms with Gasteiger partial charge in [0.1, 0.15) is 0 Å². The highest BCUT2D eigenvalue weighted by Gasteiger charge is 2.22. The minimum absolute atomic E-state index is 0.0148. The Balaban J connectivity index is 1.39. The van der Waals surface area contributed by atoms with Crippen molar-refractivity contribution in [3.63, 3.8) is 0 Å². The van der Waals surface area contributed by atoms with Crippen molar-refractivity contribution in [1.82, 2.24) is 14.9 Å². The summed E-state index contributed by atoms with van der Waals surface area (Å²) in [7, 11) is -3.52. The number of sulfonamides is 1. The van der Waals surface area contributed by atoms with E-state index < -0.39 is 10.0 Å². The molecule has 7 heteroatoms. The van der Waals surface area contributed by atoms with Crippen molar-refractivity contribution < 1.29 is 13.2 Å². The van der Waals surface area contributed by atoms with Gasteiger partial charge in [0.05, 0.1) is 4.90 Å². The molecule has 1 aromatic carbocycles. The van der Waals surface area contributed by atoms with Crippen molar-refractivity contribution in [1.29, 1.82) is 0 Å². The van der Waals surface area contributed by atoms with Gasteiger partial charge in [-0.15, -0.1) is 0 Å². The van der Waals surface area contributed by atoms with E-state index in [1.165, 1.54) is 12.0 Å². The molecule has 1 aromatic rings. The number of likely N-dealkylation sites (tertiary alicyclic amines) is 1. The van der Waals surface area contributed by atoms with Crippen molar-refractivity contribution in [3.8, 4) is 0 Å². The average Bonchev–Trinajstić information content (AvgIpc) is 2.71. The van der Waals surface area contributed by atoms with Gasteiger partial charge >= 0.3 is 0 Å². The van der Waals surface area contributed by atoms with Gasteiger partial charge in [0.2, 0.25) is 15.9 Å². The van der Waals surface area contributed by atoms with Crippen LogP contribution in [0.15, 0.2) is 23.1 Å². The van der Waals surface area contributed by atoms with Gasteiger partial charge in [-0.2, -0.15) is 0 Å². The van der Waals surface area contributed by atoms with E-state index in [2.05, 4.69) is 28.8 Å². The fourth-order valence-electron chi connectivity index (χ4n) is 4.28. The van der Waals surface area contributed by atoms with E-state index in [1.54, 1.807) is 6.07 Å². The Morgan fingerprint density at radius 3 is 2.52 bits per heavy atom. The molecule has 0 unspecified atom stereocenters. The number of aryl methyl sites for hydroxylation is 2. The number of nitrogens with one attached hydrogen (secondary N) is 2. The minimum atomic E-state index is -3.52. The van der Waals surface area contributed by atoms with Crippen LogP contribution in [-0.2, 0) is 27.7 Å². The molecule has 1 aliphatic carbocycles. The molecule has 1 amide bonds. The molecule has 1 saturated heterocycles. The first kappa shape index (κ1) is 22.2. The maximum Gasteiger partial charge on any atom is 0.240 e. The third-order valence-electron chi connectivity index (χ3n) is 6.13. The highest BCUT2D eigenvalue weighted by molar-refractivity contribution is 7.89. The molecular formula is C22H35N3O3S. The van der Waals surface area contributed by atoms with Crippen LogP contribution in [0.4, 0.5) is 0 Å². The third-order valence-corrected chi connectivity index (χ3v) is 7.59. The van der Waals surface area contributed by atoms with Crippen LogP contribution in [0.2, 0.25) is 0 Å². The summed E-state index contributed by atoms with van der Waals surface area (Å²) in [6, 6.07) is 6.25. The zero-order valence-electron chi connectivity index (χ0n) is 17.7. The van der Waals surface area contributed by atoms with Crippen molar-refractivity contribution >= 4 is 15.9 Å². The second kappa shape index (κ2) is 10.0. The van der Waals surface area contributed by atoms with Gasteiger partial charge in [-0.3, -0.25) is 4.79 Å². The molecule has 0 aromatic heterocycles. The minimum Gasteiger partial charge on any atom is -0.353 e. The molecule has 1 fully saturated rings. The number of hydrogen-bond acceptors (Lipinski definition) is 4. The van der Waals surface area contributed by atoms with Gasteiger partial charge in [0.25, 0.3) is 0 Å². The highest BCUT2D eigenvalue weighted by atomic mass is 32.2. The monoisotopic (exact) mass is 421 g/mol. The van der Waals surface area contributed by atoms with Gasteiger partial charge in [-0.25, -0.2) is 13.1 Å². The summed E-state index contributed by atoms with van der Waals surface area (Å²) in [5, 5.41) is 3.10. The van der Waals surface area contributed by atoms with Crippen molar-refractivity contribution in [2.24, 2.45) is 0 Å². The Labute approximate surface area is 175 Å². The zero-order valence-corrected chi connectivity index (χ0v) is 18.6. The van der Waals surface area contributed by atoms with Crippen LogP contribution in [0.25, 0.3) is 0 Å². The first-order valence-corrected chi connectivity index (χ1v) is 12.5. The van der Waals surface area contributed by atoms with Crippen LogP contribution < -0.4 is 10.0 Å². The SMILES string of the molecule is CC(C)N1CCC(NC(=O)CCCNS(=O)(=O)c2ccc3c(c2)CCCC3)CC1. The van der Waals surface area contributed by atoms with Gasteiger partial charge < -0.3 is 10.2 Å². The number of carbonyl (C=O) groups excluding carboxylic acids is 1. The molecule has 162 valence electrons. The summed E-state index contributed by atoms with van der Waals surface area (Å²) < 4.78 is 27.7. The molecule has 0 bridgehead atoms. The standard InChI is InChI=1S/C22H35N3O3S/c1-17(2)25-14-11-20(12-15-25)24-22(26)8-5-13-23-29(27,28)21-10-9-18-6-3-4-7-19(18)16-21/h9-10,16-17,20,23H,3-8,11-15H2,1-2H3,(H,24,26). The van der Waals surface area contributed by atoms with Gasteiger partial charge in [-0.1, -0.05) is 6.07 Å². The first-order chi connectivity index (χ1) is 13.8. The van der Waals surface area contributed by atoms with Crippen LogP contribution in [-0.4, -0.2) is 50.9 Å². The predicted octanol–water partition coefficient (Wildman–Crippen LogP) is 2.61. The second-order valence-corrected chi connectivity index (χ2v) is 10.4. The molecule has 1 heterocycles. The number of amides is 1. The molecule has 0 radical (unpaired) electrons. The number of hydrogen-bond donors (Lipinski definition) is 2. The van der Waals surface area contributed by atoms with Gasteiger partial charge in [0, 0.05) is 38.1 Å². The van der Waals surface area contributed by atoms with E-state index in [-0.39, 0.29) is 18.5 Å². The third kappa shape index (κ3) is 6.27. The summed E-state index contributed by atoms with van der Waals surface area (Å²) in [6.45, 7) is 6.71. The van der Waals surface area contributed by atoms with E-state index >= 15 is 0 Å². The van der Waals surface area contributed by atoms with Crippen LogP contribution in [0.1, 0.15) is 63.5 Å². The lowest BCUT2D eigenvalue weighted by Crippen LogP contribution is -2.46. The van der Waals surface area contributed by atoms with Crippen molar-refractivity contribution in [3.05, 3.63) is 29.3 Å². The lowest BCUT2D eigenvalue weighted by Gasteiger charge is -2.34. The molecule has 6 nitrogen and oxygen atoms in total. The Bertz CT molecular complexity index is 800. The summed E-state index contributed by atoms with van der Waals surface area (Å²) in [6.07, 6.45) is 7.09. The number of carbonyl (C=O) groups is 1. The fraction of sp³-hybridized carbons (Fsp3) is 0.682. The van der Waals surface area contributed by atoms with Crippen LogP contribution in [0, 0.1) is 0 Å². The number of fused-ring (bicyclic) bond motifs is 1. The van der Waals surface area contributed by atoms with Gasteiger partial charge in [0.15, 0.2) is 0 Å². The Hall–Kier alpha value is -1.44. The van der Waals surface area contributed by atoms with E-state index in [9.17, 15) is 13.2 Å². The van der Waals surface area contributed by atoms with Crippen molar-refractivity contribution in [2.45, 2.75) is 82.2 Å². The molecule has 29 heavy (non-hydrogen) atoms. The predicted molar refractivity (Wildman–Crippen MR) is 115 cm³/mol. The molecular weight excluding hydrogens is 386 g/mol. The maximum absolute atomic E-state index is 12.5. The molecule has 0 atom stereocenters. The highest BCUT2D eigenvalue weighted by Crippen LogP contribution is 2.24. The molecule has 0 spiro atoms. The summed E-state index contributed by atoms with van der Waals surface area (Å²) in [5.41, 5.74) is 2.42. The van der Waals surface area contributed by atoms with Crippen LogP contribution in [0.3, 0.4) is 0 Å². The smallest absolute Gasteiger partial charge is 0.240 e. The van der Waals surface area contributed by atoms with E-state index in [1.807, 2.05) is 12.1 Å². The summed E-state index contributed by atoms with van der Waals surface area (Å²) in [5.74, 6) is 0.0148. The molecule has 2 N–H and O–H groups in total. The van der Waals surface area contributed by atoms with Crippen LogP contribution in [0.5, 0.6) is 0 Å². The molecule has 2 aliphatic rings. The van der Waals surface area contributed by atoms with Crippen molar-refractivity contribution in [2.75, 3.05) is 19.6 Å². The molecule has 1 aliphatic heterocycles.